The summed E-state index contributed by atoms with van der Waals surface area (Å²) >= 11 is 0. The molecule has 0 atom stereocenters. The Kier molecular flexibility index (Phi) is 4.75. The van der Waals surface area contributed by atoms with Crippen molar-refractivity contribution in [1.29, 1.82) is 0 Å². The van der Waals surface area contributed by atoms with Crippen LogP contribution in [0.25, 0.3) is 0 Å². The summed E-state index contributed by atoms with van der Waals surface area (Å²) in [5.41, 5.74) is 6.32. The summed E-state index contributed by atoms with van der Waals surface area (Å²) in [6.07, 6.45) is 3.47. The second kappa shape index (κ2) is 5.87. The van der Waals surface area contributed by atoms with E-state index >= 15 is 0 Å². The van der Waals surface area contributed by atoms with Crippen LogP contribution in [0, 0.1) is 5.41 Å². The van der Waals surface area contributed by atoms with Gasteiger partial charge < -0.3 is 15.6 Å². The van der Waals surface area contributed by atoms with Crippen LogP contribution in [0.4, 0.5) is 0 Å². The number of hydrogen-bond acceptors (Lipinski definition) is 2. The average Bonchev–Trinajstić information content (AvgIpc) is 2.77. The largest absolute Gasteiger partial charge is 0.365 e. The van der Waals surface area contributed by atoms with Gasteiger partial charge in [-0.3, -0.25) is 4.79 Å². The van der Waals surface area contributed by atoms with Crippen LogP contribution < -0.4 is 5.73 Å². The van der Waals surface area contributed by atoms with E-state index in [4.69, 9.17) is 5.73 Å². The molecule has 0 bridgehead atoms. The fourth-order valence-corrected chi connectivity index (χ4v) is 1.90. The van der Waals surface area contributed by atoms with Crippen LogP contribution in [0.2, 0.25) is 0 Å². The van der Waals surface area contributed by atoms with Gasteiger partial charge in [0.15, 0.2) is 0 Å². The highest BCUT2D eigenvalue weighted by Crippen LogP contribution is 2.22. The predicted octanol–water partition coefficient (Wildman–Crippen LogP) is 1.39. The normalized spacial score (nSPS) is 11.5. The number of hydrogen-bond donors (Lipinski definition) is 2. The van der Waals surface area contributed by atoms with E-state index in [2.05, 4.69) is 4.98 Å². The lowest BCUT2D eigenvalue weighted by molar-refractivity contribution is -0.139. The van der Waals surface area contributed by atoms with Gasteiger partial charge in [0.1, 0.15) is 0 Å². The molecule has 0 aliphatic carbocycles. The maximum atomic E-state index is 12.2. The average molecular weight is 237 g/mol. The first-order chi connectivity index (χ1) is 7.97. The van der Waals surface area contributed by atoms with E-state index < -0.39 is 0 Å². The minimum absolute atomic E-state index is 0.162. The molecule has 4 heteroatoms. The molecule has 1 rings (SSSR count). The number of H-pyrrole nitrogens is 1. The molecule has 1 aromatic heterocycles. The van der Waals surface area contributed by atoms with E-state index in [1.54, 1.807) is 4.90 Å². The Balaban J connectivity index is 2.46. The molecule has 1 heterocycles. The number of nitrogens with one attached hydrogen (secondary N) is 1. The first-order valence-corrected chi connectivity index (χ1v) is 6.05. The molecule has 0 spiro atoms. The standard InChI is InChI=1S/C13H23N3O/c1-13(2,7-8-14)12(17)16(3)10-6-11-5-4-9-15-11/h4-5,9,15H,6-8,10,14H2,1-3H3. The van der Waals surface area contributed by atoms with Gasteiger partial charge >= 0.3 is 0 Å². The van der Waals surface area contributed by atoms with E-state index in [9.17, 15) is 4.79 Å². The van der Waals surface area contributed by atoms with Crippen molar-refractivity contribution in [2.45, 2.75) is 26.7 Å². The first-order valence-electron chi connectivity index (χ1n) is 6.05. The maximum Gasteiger partial charge on any atom is 0.228 e. The van der Waals surface area contributed by atoms with Crippen LogP contribution >= 0.6 is 0 Å². The number of nitrogens with zero attached hydrogens (tertiary/aromatic N) is 1. The fraction of sp³-hybridized carbons (Fsp3) is 0.615. The first kappa shape index (κ1) is 13.8. The van der Waals surface area contributed by atoms with Gasteiger partial charge in [0, 0.05) is 37.3 Å². The lowest BCUT2D eigenvalue weighted by atomic mass is 9.87. The topological polar surface area (TPSA) is 62.1 Å². The third kappa shape index (κ3) is 3.89. The second-order valence-electron chi connectivity index (χ2n) is 5.09. The number of nitrogens with two attached hydrogens (primary N) is 1. The zero-order chi connectivity index (χ0) is 12.9. The van der Waals surface area contributed by atoms with Gasteiger partial charge in [0.25, 0.3) is 0 Å². The van der Waals surface area contributed by atoms with Crippen molar-refractivity contribution < 1.29 is 4.79 Å². The van der Waals surface area contributed by atoms with Crippen molar-refractivity contribution in [3.63, 3.8) is 0 Å². The summed E-state index contributed by atoms with van der Waals surface area (Å²) in [7, 11) is 1.85. The van der Waals surface area contributed by atoms with Gasteiger partial charge in [-0.1, -0.05) is 13.8 Å². The van der Waals surface area contributed by atoms with Crippen LogP contribution in [0.3, 0.4) is 0 Å². The quantitative estimate of drug-likeness (QED) is 0.785. The number of rotatable bonds is 6. The Morgan fingerprint density at radius 2 is 2.24 bits per heavy atom. The van der Waals surface area contributed by atoms with Crippen LogP contribution in [0.1, 0.15) is 26.0 Å². The molecular weight excluding hydrogens is 214 g/mol. The summed E-state index contributed by atoms with van der Waals surface area (Å²) in [5.74, 6) is 0.162. The third-order valence-corrected chi connectivity index (χ3v) is 3.07. The Morgan fingerprint density at radius 3 is 2.76 bits per heavy atom. The van der Waals surface area contributed by atoms with Crippen LogP contribution in [-0.4, -0.2) is 35.9 Å². The van der Waals surface area contributed by atoms with E-state index in [0.29, 0.717) is 6.54 Å². The lowest BCUT2D eigenvalue weighted by Crippen LogP contribution is -2.40. The molecular formula is C13H23N3O. The summed E-state index contributed by atoms with van der Waals surface area (Å²) in [6, 6.07) is 4.00. The summed E-state index contributed by atoms with van der Waals surface area (Å²) in [6.45, 7) is 5.18. The third-order valence-electron chi connectivity index (χ3n) is 3.07. The van der Waals surface area contributed by atoms with Gasteiger partial charge in [-0.05, 0) is 25.1 Å². The minimum atomic E-state index is -0.362. The molecule has 96 valence electrons. The summed E-state index contributed by atoms with van der Waals surface area (Å²) in [5, 5.41) is 0. The molecule has 1 aromatic rings. The lowest BCUT2D eigenvalue weighted by Gasteiger charge is -2.29. The smallest absolute Gasteiger partial charge is 0.228 e. The summed E-state index contributed by atoms with van der Waals surface area (Å²) < 4.78 is 0. The number of amides is 1. The summed E-state index contributed by atoms with van der Waals surface area (Å²) in [4.78, 5) is 17.1. The van der Waals surface area contributed by atoms with Crippen LogP contribution in [-0.2, 0) is 11.2 Å². The van der Waals surface area contributed by atoms with Crippen molar-refractivity contribution in [1.82, 2.24) is 9.88 Å². The van der Waals surface area contributed by atoms with E-state index in [-0.39, 0.29) is 11.3 Å². The molecule has 0 saturated heterocycles. The molecule has 0 fully saturated rings. The maximum absolute atomic E-state index is 12.2. The Hall–Kier alpha value is -1.29. The van der Waals surface area contributed by atoms with Crippen molar-refractivity contribution in [3.05, 3.63) is 24.0 Å². The highest BCUT2D eigenvalue weighted by Gasteiger charge is 2.29. The minimum Gasteiger partial charge on any atom is -0.365 e. The number of carbonyl (C=O) groups excluding carboxylic acids is 1. The monoisotopic (exact) mass is 237 g/mol. The van der Waals surface area contributed by atoms with E-state index in [1.165, 1.54) is 0 Å². The predicted molar refractivity (Wildman–Crippen MR) is 69.6 cm³/mol. The molecule has 0 radical (unpaired) electrons. The van der Waals surface area contributed by atoms with Gasteiger partial charge in [0.2, 0.25) is 5.91 Å². The number of likely N-dealkylation sites (N-methyl/N-ethyl adjacent to an activating group) is 1. The van der Waals surface area contributed by atoms with Gasteiger partial charge in [-0.2, -0.15) is 0 Å². The highest BCUT2D eigenvalue weighted by molar-refractivity contribution is 5.81. The number of aromatic nitrogens is 1. The van der Waals surface area contributed by atoms with Crippen LogP contribution in [0.15, 0.2) is 18.3 Å². The molecule has 1 amide bonds. The van der Waals surface area contributed by atoms with Crippen molar-refractivity contribution in [2.75, 3.05) is 20.1 Å². The van der Waals surface area contributed by atoms with Crippen molar-refractivity contribution in [2.24, 2.45) is 11.1 Å². The van der Waals surface area contributed by atoms with E-state index in [1.807, 2.05) is 39.2 Å². The zero-order valence-electron chi connectivity index (χ0n) is 11.0. The zero-order valence-corrected chi connectivity index (χ0v) is 11.0. The van der Waals surface area contributed by atoms with Gasteiger partial charge in [-0.15, -0.1) is 0 Å². The van der Waals surface area contributed by atoms with Crippen LogP contribution in [0.5, 0.6) is 0 Å². The molecule has 0 aliphatic heterocycles. The van der Waals surface area contributed by atoms with Gasteiger partial charge in [-0.25, -0.2) is 0 Å². The van der Waals surface area contributed by atoms with Gasteiger partial charge in [0.05, 0.1) is 0 Å². The molecule has 3 N–H and O–H groups in total. The molecule has 4 nitrogen and oxygen atoms in total. The molecule has 0 saturated carbocycles. The van der Waals surface area contributed by atoms with Crippen molar-refractivity contribution in [3.8, 4) is 0 Å². The van der Waals surface area contributed by atoms with E-state index in [0.717, 1.165) is 25.1 Å². The fourth-order valence-electron chi connectivity index (χ4n) is 1.90. The van der Waals surface area contributed by atoms with Crippen molar-refractivity contribution >= 4 is 5.91 Å². The molecule has 0 aromatic carbocycles. The Bertz CT molecular complexity index is 344. The highest BCUT2D eigenvalue weighted by atomic mass is 16.2. The molecule has 0 unspecified atom stereocenters. The Morgan fingerprint density at radius 1 is 1.53 bits per heavy atom. The number of aromatic amines is 1. The SMILES string of the molecule is CN(CCc1ccc[nH]1)C(=O)C(C)(C)CCN. The Labute approximate surface area is 103 Å². The molecule has 0 aliphatic rings. The number of carbonyl (C=O) groups is 1. The molecule has 17 heavy (non-hydrogen) atoms. The second-order valence-corrected chi connectivity index (χ2v) is 5.09.